The van der Waals surface area contributed by atoms with Gasteiger partial charge in [-0.25, -0.2) is 0 Å². The Labute approximate surface area is 164 Å². The number of rotatable bonds is 3. The van der Waals surface area contributed by atoms with Crippen LogP contribution in [0.15, 0.2) is 28.7 Å². The number of hydrogen-bond donors (Lipinski definition) is 1. The molecule has 2 aromatic rings. The van der Waals surface area contributed by atoms with Crippen molar-refractivity contribution < 1.29 is 14.3 Å². The Morgan fingerprint density at radius 2 is 1.86 bits per heavy atom. The summed E-state index contributed by atoms with van der Waals surface area (Å²) in [6, 6.07) is 9.15. The predicted molar refractivity (Wildman–Crippen MR) is 106 cm³/mol. The van der Waals surface area contributed by atoms with Gasteiger partial charge >= 0.3 is 0 Å². The molecule has 150 valence electrons. The number of anilines is 1. The third kappa shape index (κ3) is 3.37. The molecule has 0 spiro atoms. The van der Waals surface area contributed by atoms with E-state index in [1.54, 1.807) is 0 Å². The summed E-state index contributed by atoms with van der Waals surface area (Å²) in [4.78, 5) is 23.8. The fraction of sp³-hybridized carbons (Fsp3) is 0.619. The molecule has 3 aliphatic rings. The molecule has 3 aliphatic heterocycles. The highest BCUT2D eigenvalue weighted by atomic mass is 16.4. The van der Waals surface area contributed by atoms with Crippen LogP contribution in [0, 0.1) is 5.92 Å². The topological polar surface area (TPSA) is 73.1 Å². The van der Waals surface area contributed by atoms with Crippen LogP contribution in [-0.4, -0.2) is 77.2 Å². The van der Waals surface area contributed by atoms with E-state index in [0.717, 1.165) is 69.0 Å². The first kappa shape index (κ1) is 17.9. The SMILES string of the molecule is O=C(C1CCCN(C2CCN(c3nc4ccccc4o3)CC2)C1)N1CC(O)C1. The maximum absolute atomic E-state index is 12.6. The van der Waals surface area contributed by atoms with Crippen molar-refractivity contribution in [2.75, 3.05) is 44.2 Å². The van der Waals surface area contributed by atoms with Gasteiger partial charge in [0.25, 0.3) is 6.01 Å². The molecule has 1 amide bonds. The number of likely N-dealkylation sites (tertiary alicyclic amines) is 2. The van der Waals surface area contributed by atoms with E-state index in [0.29, 0.717) is 19.1 Å². The molecular weight excluding hydrogens is 356 g/mol. The summed E-state index contributed by atoms with van der Waals surface area (Å²) in [5.74, 6) is 0.329. The third-order valence-electron chi connectivity index (χ3n) is 6.51. The van der Waals surface area contributed by atoms with Crippen molar-refractivity contribution in [3.63, 3.8) is 0 Å². The van der Waals surface area contributed by atoms with E-state index in [1.807, 2.05) is 29.2 Å². The largest absolute Gasteiger partial charge is 0.423 e. The molecular formula is C21H28N4O3. The van der Waals surface area contributed by atoms with Crippen molar-refractivity contribution in [3.05, 3.63) is 24.3 Å². The lowest BCUT2D eigenvalue weighted by molar-refractivity contribution is -0.148. The molecule has 0 saturated carbocycles. The molecule has 7 heteroatoms. The van der Waals surface area contributed by atoms with Crippen LogP contribution in [0.4, 0.5) is 6.01 Å². The monoisotopic (exact) mass is 384 g/mol. The molecule has 0 radical (unpaired) electrons. The number of β-amino-alcohol motifs (C(OH)–C–C–N with tert-alkyl or cyclic N) is 1. The molecule has 7 nitrogen and oxygen atoms in total. The van der Waals surface area contributed by atoms with Gasteiger partial charge in [0.15, 0.2) is 5.58 Å². The Balaban J connectivity index is 1.17. The molecule has 3 fully saturated rings. The Bertz CT molecular complexity index is 806. The first-order valence-corrected chi connectivity index (χ1v) is 10.5. The van der Waals surface area contributed by atoms with Gasteiger partial charge in [0.05, 0.1) is 12.0 Å². The number of piperidine rings is 2. The van der Waals surface area contributed by atoms with Crippen LogP contribution >= 0.6 is 0 Å². The number of oxazole rings is 1. The van der Waals surface area contributed by atoms with Crippen LogP contribution in [0.5, 0.6) is 0 Å². The first-order valence-electron chi connectivity index (χ1n) is 10.5. The van der Waals surface area contributed by atoms with Gasteiger partial charge in [-0.1, -0.05) is 12.1 Å². The van der Waals surface area contributed by atoms with E-state index in [9.17, 15) is 9.90 Å². The van der Waals surface area contributed by atoms with Gasteiger partial charge in [-0.2, -0.15) is 4.98 Å². The predicted octanol–water partition coefficient (Wildman–Crippen LogP) is 1.71. The molecule has 5 rings (SSSR count). The lowest BCUT2D eigenvalue weighted by Gasteiger charge is -2.44. The summed E-state index contributed by atoms with van der Waals surface area (Å²) in [6.45, 7) is 4.84. The fourth-order valence-corrected chi connectivity index (χ4v) is 4.85. The molecule has 1 unspecified atom stereocenters. The van der Waals surface area contributed by atoms with E-state index in [4.69, 9.17) is 4.42 Å². The number of carbonyl (C=O) groups is 1. The standard InChI is InChI=1S/C21H28N4O3/c26-17-13-25(14-17)20(27)15-4-3-9-24(12-15)16-7-10-23(11-8-16)21-22-18-5-1-2-6-19(18)28-21/h1-2,5-6,15-17,26H,3-4,7-14H2. The zero-order chi connectivity index (χ0) is 19.1. The molecule has 1 aromatic heterocycles. The van der Waals surface area contributed by atoms with Crippen molar-refractivity contribution in [1.82, 2.24) is 14.8 Å². The van der Waals surface area contributed by atoms with E-state index < -0.39 is 0 Å². The molecule has 1 N–H and O–H groups in total. The van der Waals surface area contributed by atoms with Gasteiger partial charge in [0.2, 0.25) is 5.91 Å². The lowest BCUT2D eigenvalue weighted by atomic mass is 9.92. The summed E-state index contributed by atoms with van der Waals surface area (Å²) >= 11 is 0. The van der Waals surface area contributed by atoms with Crippen LogP contribution in [0.1, 0.15) is 25.7 Å². The van der Waals surface area contributed by atoms with Crippen LogP contribution in [-0.2, 0) is 4.79 Å². The number of para-hydroxylation sites is 2. The Kier molecular flexibility index (Phi) is 4.72. The fourth-order valence-electron chi connectivity index (χ4n) is 4.85. The van der Waals surface area contributed by atoms with Gasteiger partial charge < -0.3 is 19.3 Å². The number of hydrogen-bond acceptors (Lipinski definition) is 6. The van der Waals surface area contributed by atoms with E-state index in [2.05, 4.69) is 14.8 Å². The van der Waals surface area contributed by atoms with Crippen molar-refractivity contribution in [2.45, 2.75) is 37.8 Å². The van der Waals surface area contributed by atoms with Crippen LogP contribution in [0.25, 0.3) is 11.1 Å². The Morgan fingerprint density at radius 3 is 2.61 bits per heavy atom. The van der Waals surface area contributed by atoms with Gasteiger partial charge in [0, 0.05) is 38.8 Å². The van der Waals surface area contributed by atoms with Crippen LogP contribution in [0.3, 0.4) is 0 Å². The average molecular weight is 384 g/mol. The van der Waals surface area contributed by atoms with Crippen LogP contribution in [0.2, 0.25) is 0 Å². The summed E-state index contributed by atoms with van der Waals surface area (Å²) in [7, 11) is 0. The minimum absolute atomic E-state index is 0.0938. The highest BCUT2D eigenvalue weighted by Crippen LogP contribution is 2.29. The van der Waals surface area contributed by atoms with Gasteiger partial charge in [-0.15, -0.1) is 0 Å². The minimum Gasteiger partial charge on any atom is -0.423 e. The normalized spacial score (nSPS) is 25.2. The van der Waals surface area contributed by atoms with Gasteiger partial charge in [-0.05, 0) is 44.4 Å². The molecule has 3 saturated heterocycles. The first-order chi connectivity index (χ1) is 13.7. The van der Waals surface area contributed by atoms with E-state index in [-0.39, 0.29) is 17.9 Å². The number of carbonyl (C=O) groups excluding carboxylic acids is 1. The lowest BCUT2D eigenvalue weighted by Crippen LogP contribution is -2.58. The average Bonchev–Trinajstić information content (AvgIpc) is 3.15. The maximum Gasteiger partial charge on any atom is 0.298 e. The summed E-state index contributed by atoms with van der Waals surface area (Å²) < 4.78 is 5.92. The van der Waals surface area contributed by atoms with Crippen molar-refractivity contribution in [1.29, 1.82) is 0 Å². The van der Waals surface area contributed by atoms with Crippen molar-refractivity contribution in [3.8, 4) is 0 Å². The highest BCUT2D eigenvalue weighted by molar-refractivity contribution is 5.80. The number of aliphatic hydroxyl groups is 1. The Hall–Kier alpha value is -2.12. The second-order valence-corrected chi connectivity index (χ2v) is 8.41. The second-order valence-electron chi connectivity index (χ2n) is 8.41. The van der Waals surface area contributed by atoms with Gasteiger partial charge in [0.1, 0.15) is 5.52 Å². The van der Waals surface area contributed by atoms with Crippen molar-refractivity contribution in [2.24, 2.45) is 5.92 Å². The summed E-state index contributed by atoms with van der Waals surface area (Å²) in [5.41, 5.74) is 1.75. The maximum atomic E-state index is 12.6. The quantitative estimate of drug-likeness (QED) is 0.869. The number of fused-ring (bicyclic) bond motifs is 1. The number of amides is 1. The smallest absolute Gasteiger partial charge is 0.298 e. The summed E-state index contributed by atoms with van der Waals surface area (Å²) in [6.07, 6.45) is 3.88. The third-order valence-corrected chi connectivity index (χ3v) is 6.51. The molecule has 28 heavy (non-hydrogen) atoms. The molecule has 0 aliphatic carbocycles. The number of aromatic nitrogens is 1. The zero-order valence-electron chi connectivity index (χ0n) is 16.2. The highest BCUT2D eigenvalue weighted by Gasteiger charge is 2.37. The van der Waals surface area contributed by atoms with Gasteiger partial charge in [-0.3, -0.25) is 9.69 Å². The summed E-state index contributed by atoms with van der Waals surface area (Å²) in [5, 5.41) is 9.46. The second kappa shape index (κ2) is 7.37. The molecule has 0 bridgehead atoms. The number of benzene rings is 1. The minimum atomic E-state index is -0.320. The molecule has 4 heterocycles. The Morgan fingerprint density at radius 1 is 1.07 bits per heavy atom. The van der Waals surface area contributed by atoms with Crippen molar-refractivity contribution >= 4 is 23.0 Å². The van der Waals surface area contributed by atoms with E-state index >= 15 is 0 Å². The zero-order valence-corrected chi connectivity index (χ0v) is 16.2. The number of nitrogens with zero attached hydrogens (tertiary/aromatic N) is 4. The number of aliphatic hydroxyl groups excluding tert-OH is 1. The van der Waals surface area contributed by atoms with Crippen LogP contribution < -0.4 is 4.90 Å². The molecule has 1 atom stereocenters. The van der Waals surface area contributed by atoms with E-state index in [1.165, 1.54) is 0 Å². The molecule has 1 aromatic carbocycles.